The average molecular weight is 346 g/mol. The van der Waals surface area contributed by atoms with E-state index in [0.29, 0.717) is 17.8 Å². The van der Waals surface area contributed by atoms with E-state index in [9.17, 15) is 4.79 Å². The lowest BCUT2D eigenvalue weighted by Gasteiger charge is -2.42. The van der Waals surface area contributed by atoms with Crippen LogP contribution < -0.4 is 4.74 Å². The Kier molecular flexibility index (Phi) is 5.64. The van der Waals surface area contributed by atoms with Crippen LogP contribution in [0.15, 0.2) is 24.3 Å². The predicted molar refractivity (Wildman–Crippen MR) is 97.8 cm³/mol. The molecule has 1 spiro atoms. The van der Waals surface area contributed by atoms with E-state index in [-0.39, 0.29) is 5.91 Å². The molecule has 0 aliphatic carbocycles. The number of methoxy groups -OCH3 is 2. The van der Waals surface area contributed by atoms with Gasteiger partial charge in [-0.3, -0.25) is 4.79 Å². The van der Waals surface area contributed by atoms with Crippen LogP contribution in [0, 0.1) is 11.3 Å². The summed E-state index contributed by atoms with van der Waals surface area (Å²) in [7, 11) is 5.64. The minimum absolute atomic E-state index is 0.231. The quantitative estimate of drug-likeness (QED) is 0.818. The highest BCUT2D eigenvalue weighted by Gasteiger charge is 2.47. The standard InChI is InChI=1S/C20H30N2O3/c1-21-13-17(14-24-2)20(15-21)8-10-22(11-9-20)19(23)12-16-4-6-18(25-3)7-5-16/h4-7,17H,8-15H2,1-3H3. The molecule has 0 saturated carbocycles. The molecule has 5 heteroatoms. The summed E-state index contributed by atoms with van der Waals surface area (Å²) < 4.78 is 10.6. The van der Waals surface area contributed by atoms with Gasteiger partial charge in [-0.15, -0.1) is 0 Å². The van der Waals surface area contributed by atoms with Crippen molar-refractivity contribution in [3.05, 3.63) is 29.8 Å². The van der Waals surface area contributed by atoms with Crippen molar-refractivity contribution in [1.82, 2.24) is 9.80 Å². The van der Waals surface area contributed by atoms with Crippen molar-refractivity contribution in [3.8, 4) is 5.75 Å². The molecule has 2 aliphatic heterocycles. The number of hydrogen-bond acceptors (Lipinski definition) is 4. The van der Waals surface area contributed by atoms with Gasteiger partial charge in [-0.25, -0.2) is 0 Å². The molecule has 0 bridgehead atoms. The molecule has 1 amide bonds. The maximum absolute atomic E-state index is 12.7. The molecule has 1 unspecified atom stereocenters. The molecule has 138 valence electrons. The van der Waals surface area contributed by atoms with E-state index in [4.69, 9.17) is 9.47 Å². The number of ether oxygens (including phenoxy) is 2. The maximum atomic E-state index is 12.7. The van der Waals surface area contributed by atoms with Crippen molar-refractivity contribution in [2.24, 2.45) is 11.3 Å². The van der Waals surface area contributed by atoms with E-state index in [2.05, 4.69) is 11.9 Å². The third-order valence-electron chi connectivity index (χ3n) is 5.98. The third-order valence-corrected chi connectivity index (χ3v) is 5.98. The zero-order chi connectivity index (χ0) is 17.9. The normalized spacial score (nSPS) is 23.2. The summed E-state index contributed by atoms with van der Waals surface area (Å²) in [6.07, 6.45) is 2.64. The Hall–Kier alpha value is -1.59. The van der Waals surface area contributed by atoms with Gasteiger partial charge in [0.25, 0.3) is 0 Å². The molecule has 2 heterocycles. The summed E-state index contributed by atoms with van der Waals surface area (Å²) in [5.74, 6) is 1.64. The van der Waals surface area contributed by atoms with Gasteiger partial charge in [-0.2, -0.15) is 0 Å². The first-order valence-corrected chi connectivity index (χ1v) is 9.14. The number of hydrogen-bond donors (Lipinski definition) is 0. The van der Waals surface area contributed by atoms with Crippen LogP contribution in [0.1, 0.15) is 18.4 Å². The van der Waals surface area contributed by atoms with E-state index in [1.54, 1.807) is 14.2 Å². The molecule has 3 rings (SSSR count). The molecule has 1 aromatic rings. The highest BCUT2D eigenvalue weighted by molar-refractivity contribution is 5.79. The van der Waals surface area contributed by atoms with Gasteiger partial charge in [-0.05, 0) is 43.0 Å². The Labute approximate surface area is 150 Å². The molecule has 25 heavy (non-hydrogen) atoms. The molecular weight excluding hydrogens is 316 g/mol. The van der Waals surface area contributed by atoms with E-state index in [1.807, 2.05) is 29.2 Å². The van der Waals surface area contributed by atoms with Gasteiger partial charge in [0.1, 0.15) is 5.75 Å². The van der Waals surface area contributed by atoms with Crippen molar-refractivity contribution in [1.29, 1.82) is 0 Å². The van der Waals surface area contributed by atoms with E-state index in [0.717, 1.165) is 56.9 Å². The lowest BCUT2D eigenvalue weighted by atomic mass is 9.71. The Morgan fingerprint density at radius 2 is 1.88 bits per heavy atom. The van der Waals surface area contributed by atoms with Crippen molar-refractivity contribution in [2.45, 2.75) is 19.3 Å². The first-order valence-electron chi connectivity index (χ1n) is 9.14. The average Bonchev–Trinajstić information content (AvgIpc) is 2.91. The molecule has 0 N–H and O–H groups in total. The highest BCUT2D eigenvalue weighted by atomic mass is 16.5. The molecule has 2 fully saturated rings. The van der Waals surface area contributed by atoms with Gasteiger partial charge in [0.15, 0.2) is 0 Å². The smallest absolute Gasteiger partial charge is 0.226 e. The van der Waals surface area contributed by atoms with Crippen LogP contribution in [0.4, 0.5) is 0 Å². The van der Waals surface area contributed by atoms with Gasteiger partial charge in [0.05, 0.1) is 20.1 Å². The zero-order valence-electron chi connectivity index (χ0n) is 15.7. The number of likely N-dealkylation sites (tertiary alicyclic amines) is 2. The second kappa shape index (κ2) is 7.75. The van der Waals surface area contributed by atoms with Gasteiger partial charge in [0.2, 0.25) is 5.91 Å². The van der Waals surface area contributed by atoms with Crippen molar-refractivity contribution in [2.75, 3.05) is 54.1 Å². The summed E-state index contributed by atoms with van der Waals surface area (Å²) in [6.45, 7) is 4.78. The summed E-state index contributed by atoms with van der Waals surface area (Å²) >= 11 is 0. The molecule has 2 aliphatic rings. The van der Waals surface area contributed by atoms with Crippen LogP contribution in [0.5, 0.6) is 5.75 Å². The van der Waals surface area contributed by atoms with E-state index in [1.165, 1.54) is 0 Å². The molecule has 0 radical (unpaired) electrons. The molecule has 0 aromatic heterocycles. The van der Waals surface area contributed by atoms with Crippen LogP contribution >= 0.6 is 0 Å². The largest absolute Gasteiger partial charge is 0.497 e. The lowest BCUT2D eigenvalue weighted by molar-refractivity contribution is -0.133. The van der Waals surface area contributed by atoms with Gasteiger partial charge < -0.3 is 19.3 Å². The van der Waals surface area contributed by atoms with Gasteiger partial charge in [-0.1, -0.05) is 12.1 Å². The highest BCUT2D eigenvalue weighted by Crippen LogP contribution is 2.44. The predicted octanol–water partition coefficient (Wildman–Crippen LogP) is 2.05. The minimum atomic E-state index is 0.231. The number of carbonyl (C=O) groups excluding carboxylic acids is 1. The van der Waals surface area contributed by atoms with Crippen LogP contribution in [0.25, 0.3) is 0 Å². The summed E-state index contributed by atoms with van der Waals surface area (Å²) in [4.78, 5) is 17.1. The van der Waals surface area contributed by atoms with Gasteiger partial charge in [0, 0.05) is 39.2 Å². The Morgan fingerprint density at radius 1 is 1.20 bits per heavy atom. The first-order chi connectivity index (χ1) is 12.1. The number of nitrogens with zero attached hydrogens (tertiary/aromatic N) is 2. The van der Waals surface area contributed by atoms with Crippen LogP contribution in [0.2, 0.25) is 0 Å². The number of rotatable bonds is 5. The lowest BCUT2D eigenvalue weighted by Crippen LogP contribution is -2.47. The number of benzene rings is 1. The SMILES string of the molecule is COCC1CN(C)CC12CCN(C(=O)Cc1ccc(OC)cc1)CC2. The van der Waals surface area contributed by atoms with Crippen molar-refractivity contribution in [3.63, 3.8) is 0 Å². The van der Waals surface area contributed by atoms with E-state index >= 15 is 0 Å². The Morgan fingerprint density at radius 3 is 2.48 bits per heavy atom. The molecule has 5 nitrogen and oxygen atoms in total. The number of amides is 1. The third kappa shape index (κ3) is 3.98. The van der Waals surface area contributed by atoms with Crippen LogP contribution in [0.3, 0.4) is 0 Å². The first kappa shape index (κ1) is 18.2. The Bertz CT molecular complexity index is 579. The topological polar surface area (TPSA) is 42.0 Å². The second-order valence-corrected chi connectivity index (χ2v) is 7.62. The van der Waals surface area contributed by atoms with Gasteiger partial charge >= 0.3 is 0 Å². The van der Waals surface area contributed by atoms with Crippen LogP contribution in [-0.2, 0) is 16.0 Å². The zero-order valence-corrected chi connectivity index (χ0v) is 15.7. The molecule has 1 atom stereocenters. The van der Waals surface area contributed by atoms with E-state index < -0.39 is 0 Å². The minimum Gasteiger partial charge on any atom is -0.497 e. The fraction of sp³-hybridized carbons (Fsp3) is 0.650. The van der Waals surface area contributed by atoms with Crippen molar-refractivity contribution < 1.29 is 14.3 Å². The molecule has 2 saturated heterocycles. The summed E-state index contributed by atoms with van der Waals surface area (Å²) in [5.41, 5.74) is 1.37. The number of carbonyl (C=O) groups is 1. The molecule has 1 aromatic carbocycles. The van der Waals surface area contributed by atoms with Crippen LogP contribution in [-0.4, -0.2) is 69.8 Å². The fourth-order valence-corrected chi connectivity index (χ4v) is 4.53. The Balaban J connectivity index is 1.56. The summed E-state index contributed by atoms with van der Waals surface area (Å²) in [5, 5.41) is 0. The second-order valence-electron chi connectivity index (χ2n) is 7.62. The molecular formula is C20H30N2O3. The fourth-order valence-electron chi connectivity index (χ4n) is 4.53. The summed E-state index contributed by atoms with van der Waals surface area (Å²) in [6, 6.07) is 7.78. The maximum Gasteiger partial charge on any atom is 0.226 e. The van der Waals surface area contributed by atoms with Crippen molar-refractivity contribution >= 4 is 5.91 Å². The monoisotopic (exact) mass is 346 g/mol. The number of piperidine rings is 1.